The highest BCUT2D eigenvalue weighted by Crippen LogP contribution is 2.18. The molecule has 2 N–H and O–H groups in total. The number of hydrogen-bond acceptors (Lipinski definition) is 3. The Morgan fingerprint density at radius 3 is 2.47 bits per heavy atom. The summed E-state index contributed by atoms with van der Waals surface area (Å²) < 4.78 is 5.67. The molecule has 0 bridgehead atoms. The lowest BCUT2D eigenvalue weighted by Gasteiger charge is -2.33. The maximum atomic E-state index is 9.62. The molecule has 0 spiro atoms. The van der Waals surface area contributed by atoms with Crippen LogP contribution >= 0.6 is 0 Å². The predicted octanol–water partition coefficient (Wildman–Crippen LogP) is 1.69. The zero-order valence-electron chi connectivity index (χ0n) is 10.2. The lowest BCUT2D eigenvalue weighted by atomic mass is 9.99. The molecule has 1 aliphatic rings. The molecule has 0 aromatic carbocycles. The molecule has 3 heteroatoms. The summed E-state index contributed by atoms with van der Waals surface area (Å²) >= 11 is 0. The molecule has 1 aliphatic heterocycles. The second kappa shape index (κ2) is 6.46. The van der Waals surface area contributed by atoms with Gasteiger partial charge in [-0.3, -0.25) is 0 Å². The van der Waals surface area contributed by atoms with Crippen molar-refractivity contribution in [3.05, 3.63) is 0 Å². The van der Waals surface area contributed by atoms with Crippen molar-refractivity contribution in [3.8, 4) is 0 Å². The molecule has 0 aromatic heterocycles. The maximum absolute atomic E-state index is 9.62. The van der Waals surface area contributed by atoms with Crippen molar-refractivity contribution < 1.29 is 9.84 Å². The van der Waals surface area contributed by atoms with Gasteiger partial charge in [-0.2, -0.15) is 0 Å². The second-order valence-corrected chi connectivity index (χ2v) is 4.78. The Morgan fingerprint density at radius 2 is 1.93 bits per heavy atom. The topological polar surface area (TPSA) is 41.5 Å². The molecular formula is C12H25NO2. The van der Waals surface area contributed by atoms with Crippen LogP contribution in [-0.4, -0.2) is 36.0 Å². The Labute approximate surface area is 93.2 Å². The minimum absolute atomic E-state index is 0.191. The van der Waals surface area contributed by atoms with E-state index < -0.39 is 0 Å². The molecule has 0 aliphatic carbocycles. The van der Waals surface area contributed by atoms with Crippen molar-refractivity contribution in [2.75, 3.05) is 6.54 Å². The SMILES string of the molecule is CCCC(O)CNC1CC(C)OC(C)C1. The number of aliphatic hydroxyl groups is 1. The first-order valence-corrected chi connectivity index (χ1v) is 6.18. The van der Waals surface area contributed by atoms with Crippen LogP contribution in [0.25, 0.3) is 0 Å². The van der Waals surface area contributed by atoms with E-state index >= 15 is 0 Å². The van der Waals surface area contributed by atoms with Gasteiger partial charge in [-0.05, 0) is 33.1 Å². The Kier molecular flexibility index (Phi) is 5.58. The van der Waals surface area contributed by atoms with Crippen molar-refractivity contribution in [2.45, 2.75) is 70.8 Å². The summed E-state index contributed by atoms with van der Waals surface area (Å²) in [7, 11) is 0. The van der Waals surface area contributed by atoms with Gasteiger partial charge in [0.15, 0.2) is 0 Å². The monoisotopic (exact) mass is 215 g/mol. The third-order valence-corrected chi connectivity index (χ3v) is 2.96. The van der Waals surface area contributed by atoms with Gasteiger partial charge in [0.25, 0.3) is 0 Å². The Bertz CT molecular complexity index is 165. The number of aliphatic hydroxyl groups excluding tert-OH is 1. The van der Waals surface area contributed by atoms with Gasteiger partial charge in [-0.1, -0.05) is 13.3 Å². The molecule has 3 unspecified atom stereocenters. The molecule has 1 saturated heterocycles. The standard InChI is InChI=1S/C12H25NO2/c1-4-5-12(14)8-13-11-6-9(2)15-10(3)7-11/h9-14H,4-8H2,1-3H3. The van der Waals surface area contributed by atoms with E-state index in [1.807, 2.05) is 0 Å². The zero-order chi connectivity index (χ0) is 11.3. The molecular weight excluding hydrogens is 190 g/mol. The van der Waals surface area contributed by atoms with Gasteiger partial charge < -0.3 is 15.2 Å². The fourth-order valence-corrected chi connectivity index (χ4v) is 2.31. The van der Waals surface area contributed by atoms with E-state index in [1.165, 1.54) is 0 Å². The summed E-state index contributed by atoms with van der Waals surface area (Å²) in [5.74, 6) is 0. The van der Waals surface area contributed by atoms with Gasteiger partial charge >= 0.3 is 0 Å². The van der Waals surface area contributed by atoms with E-state index in [1.54, 1.807) is 0 Å². The summed E-state index contributed by atoms with van der Waals surface area (Å²) in [6.07, 6.45) is 4.55. The van der Waals surface area contributed by atoms with Crippen molar-refractivity contribution in [2.24, 2.45) is 0 Å². The molecule has 0 aromatic rings. The van der Waals surface area contributed by atoms with Gasteiger partial charge in [0.05, 0.1) is 18.3 Å². The highest BCUT2D eigenvalue weighted by molar-refractivity contribution is 4.79. The molecule has 3 nitrogen and oxygen atoms in total. The van der Waals surface area contributed by atoms with Crippen LogP contribution in [0, 0.1) is 0 Å². The van der Waals surface area contributed by atoms with Crippen LogP contribution in [-0.2, 0) is 4.74 Å². The zero-order valence-corrected chi connectivity index (χ0v) is 10.2. The van der Waals surface area contributed by atoms with Crippen molar-refractivity contribution in [1.29, 1.82) is 0 Å². The van der Waals surface area contributed by atoms with Crippen LogP contribution in [0.1, 0.15) is 46.5 Å². The number of nitrogens with one attached hydrogen (secondary N) is 1. The van der Waals surface area contributed by atoms with Crippen molar-refractivity contribution >= 4 is 0 Å². The molecule has 0 saturated carbocycles. The van der Waals surface area contributed by atoms with Crippen LogP contribution in [0.4, 0.5) is 0 Å². The lowest BCUT2D eigenvalue weighted by Crippen LogP contribution is -2.43. The smallest absolute Gasteiger partial charge is 0.0664 e. The molecule has 0 amide bonds. The first kappa shape index (κ1) is 12.9. The van der Waals surface area contributed by atoms with E-state index in [2.05, 4.69) is 26.1 Å². The van der Waals surface area contributed by atoms with Gasteiger partial charge in [0.2, 0.25) is 0 Å². The van der Waals surface area contributed by atoms with E-state index in [0.29, 0.717) is 18.2 Å². The normalized spacial score (nSPS) is 34.0. The third kappa shape index (κ3) is 4.96. The van der Waals surface area contributed by atoms with Gasteiger partial charge in [0, 0.05) is 12.6 Å². The average Bonchev–Trinajstić information content (AvgIpc) is 2.14. The quantitative estimate of drug-likeness (QED) is 0.733. The van der Waals surface area contributed by atoms with Gasteiger partial charge in [-0.25, -0.2) is 0 Å². The lowest BCUT2D eigenvalue weighted by molar-refractivity contribution is -0.0434. The fraction of sp³-hybridized carbons (Fsp3) is 1.00. The molecule has 0 radical (unpaired) electrons. The number of rotatable bonds is 5. The van der Waals surface area contributed by atoms with E-state index in [0.717, 1.165) is 32.2 Å². The van der Waals surface area contributed by atoms with E-state index in [4.69, 9.17) is 4.74 Å². The molecule has 1 fully saturated rings. The van der Waals surface area contributed by atoms with Crippen LogP contribution in [0.5, 0.6) is 0 Å². The molecule has 15 heavy (non-hydrogen) atoms. The molecule has 3 atom stereocenters. The minimum atomic E-state index is -0.191. The maximum Gasteiger partial charge on any atom is 0.0664 e. The largest absolute Gasteiger partial charge is 0.392 e. The van der Waals surface area contributed by atoms with E-state index in [9.17, 15) is 5.11 Å². The highest BCUT2D eigenvalue weighted by atomic mass is 16.5. The van der Waals surface area contributed by atoms with Gasteiger partial charge in [-0.15, -0.1) is 0 Å². The fourth-order valence-electron chi connectivity index (χ4n) is 2.31. The minimum Gasteiger partial charge on any atom is -0.392 e. The predicted molar refractivity (Wildman–Crippen MR) is 61.9 cm³/mol. The summed E-state index contributed by atoms with van der Waals surface area (Å²) in [6.45, 7) is 7.05. The van der Waals surface area contributed by atoms with Crippen molar-refractivity contribution in [1.82, 2.24) is 5.32 Å². The number of hydrogen-bond donors (Lipinski definition) is 2. The Hall–Kier alpha value is -0.120. The van der Waals surface area contributed by atoms with Crippen LogP contribution in [0.15, 0.2) is 0 Å². The Balaban J connectivity index is 2.20. The van der Waals surface area contributed by atoms with Gasteiger partial charge in [0.1, 0.15) is 0 Å². The number of ether oxygens (including phenoxy) is 1. The first-order chi connectivity index (χ1) is 7.11. The van der Waals surface area contributed by atoms with Crippen molar-refractivity contribution in [3.63, 3.8) is 0 Å². The van der Waals surface area contributed by atoms with Crippen LogP contribution in [0.2, 0.25) is 0 Å². The molecule has 1 rings (SSSR count). The third-order valence-electron chi connectivity index (χ3n) is 2.96. The van der Waals surface area contributed by atoms with Crippen LogP contribution < -0.4 is 5.32 Å². The Morgan fingerprint density at radius 1 is 1.33 bits per heavy atom. The molecule has 1 heterocycles. The summed E-state index contributed by atoms with van der Waals surface area (Å²) in [5, 5.41) is 13.1. The summed E-state index contributed by atoms with van der Waals surface area (Å²) in [4.78, 5) is 0. The summed E-state index contributed by atoms with van der Waals surface area (Å²) in [5.41, 5.74) is 0. The van der Waals surface area contributed by atoms with Crippen LogP contribution in [0.3, 0.4) is 0 Å². The first-order valence-electron chi connectivity index (χ1n) is 6.18. The highest BCUT2D eigenvalue weighted by Gasteiger charge is 2.24. The average molecular weight is 215 g/mol. The summed E-state index contributed by atoms with van der Waals surface area (Å²) in [6, 6.07) is 0.509. The molecule has 90 valence electrons. The van der Waals surface area contributed by atoms with E-state index in [-0.39, 0.29) is 6.10 Å². The second-order valence-electron chi connectivity index (χ2n) is 4.78.